The molecule has 5 heteroatoms. The predicted octanol–water partition coefficient (Wildman–Crippen LogP) is 4.82. The van der Waals surface area contributed by atoms with Crippen LogP contribution in [0.4, 0.5) is 17.1 Å². The number of rotatable bonds is 4. The van der Waals surface area contributed by atoms with E-state index in [2.05, 4.69) is 0 Å². The highest BCUT2D eigenvalue weighted by atomic mass is 31.1. The van der Waals surface area contributed by atoms with E-state index in [1.807, 2.05) is 84.9 Å². The van der Waals surface area contributed by atoms with Crippen molar-refractivity contribution in [1.29, 1.82) is 0 Å². The number of benzene rings is 4. The van der Waals surface area contributed by atoms with E-state index in [0.29, 0.717) is 17.1 Å². The number of anilines is 3. The third-order valence-corrected chi connectivity index (χ3v) is 5.65. The first-order valence-electron chi connectivity index (χ1n) is 9.27. The van der Waals surface area contributed by atoms with Gasteiger partial charge in [0.1, 0.15) is 0 Å². The average molecular weight is 399 g/mol. The number of hydrogen-bond acceptors (Lipinski definition) is 4. The summed E-state index contributed by atoms with van der Waals surface area (Å²) >= 11 is 0. The molecule has 4 rings (SSSR count). The summed E-state index contributed by atoms with van der Waals surface area (Å²) in [5, 5.41) is 0.792. The minimum atomic E-state index is -1.14. The fraction of sp³-hybridized carbons (Fsp3) is 0. The van der Waals surface area contributed by atoms with Crippen molar-refractivity contribution in [3.05, 3.63) is 84.9 Å². The van der Waals surface area contributed by atoms with Gasteiger partial charge in [-0.05, 0) is 64.2 Å². The molecule has 29 heavy (non-hydrogen) atoms. The van der Waals surface area contributed by atoms with Crippen LogP contribution in [0.3, 0.4) is 0 Å². The minimum absolute atomic E-state index is 0.655. The Hall–Kier alpha value is -3.49. The van der Waals surface area contributed by atoms with Crippen molar-refractivity contribution in [2.75, 3.05) is 17.2 Å². The van der Waals surface area contributed by atoms with Gasteiger partial charge in [0.25, 0.3) is 0 Å². The second-order valence-corrected chi connectivity index (χ2v) is 7.80. The Morgan fingerprint density at radius 2 is 1.03 bits per heavy atom. The average Bonchev–Trinajstić information content (AvgIpc) is 2.72. The maximum absolute atomic E-state index is 12.2. The van der Waals surface area contributed by atoms with E-state index in [1.54, 1.807) is 0 Å². The first-order chi connectivity index (χ1) is 14.1. The smallest absolute Gasteiger partial charge is 0.0927 e. The highest BCUT2D eigenvalue weighted by Crippen LogP contribution is 2.41. The lowest BCUT2D eigenvalue weighted by atomic mass is 9.87. The molecular weight excluding hydrogens is 377 g/mol. The Bertz CT molecular complexity index is 1220. The van der Waals surface area contributed by atoms with Crippen LogP contribution in [0.25, 0.3) is 33.4 Å². The summed E-state index contributed by atoms with van der Waals surface area (Å²) in [6.45, 7) is 0. The summed E-state index contributed by atoms with van der Waals surface area (Å²) in [6.07, 6.45) is 0. The molecule has 6 N–H and O–H groups in total. The SMILES string of the molecule is Nc1cccc(-c2ccc([PH2]=O)c(-c3cccc(N)c3)c2-c2cccc(N)c2)c1. The maximum Gasteiger partial charge on any atom is 0.0927 e. The van der Waals surface area contributed by atoms with Crippen molar-refractivity contribution in [2.45, 2.75) is 0 Å². The van der Waals surface area contributed by atoms with Crippen LogP contribution in [0.2, 0.25) is 0 Å². The molecule has 1 atom stereocenters. The molecule has 0 saturated carbocycles. The van der Waals surface area contributed by atoms with E-state index in [9.17, 15) is 4.57 Å². The van der Waals surface area contributed by atoms with Crippen LogP contribution < -0.4 is 22.5 Å². The number of nitrogens with two attached hydrogens (primary N) is 3. The molecule has 144 valence electrons. The third kappa shape index (κ3) is 3.75. The highest BCUT2D eigenvalue weighted by Gasteiger charge is 2.18. The first-order valence-corrected chi connectivity index (χ1v) is 10.3. The molecule has 0 heterocycles. The van der Waals surface area contributed by atoms with Gasteiger partial charge in [0.05, 0.1) is 8.46 Å². The van der Waals surface area contributed by atoms with E-state index in [4.69, 9.17) is 17.2 Å². The van der Waals surface area contributed by atoms with Crippen molar-refractivity contribution in [2.24, 2.45) is 0 Å². The molecule has 4 aromatic rings. The molecule has 4 nitrogen and oxygen atoms in total. The van der Waals surface area contributed by atoms with Crippen LogP contribution in [-0.4, -0.2) is 0 Å². The molecule has 0 spiro atoms. The summed E-state index contributed by atoms with van der Waals surface area (Å²) in [7, 11) is -1.14. The molecule has 0 aliphatic carbocycles. The largest absolute Gasteiger partial charge is 0.399 e. The lowest BCUT2D eigenvalue weighted by Gasteiger charge is -2.19. The van der Waals surface area contributed by atoms with Gasteiger partial charge in [-0.1, -0.05) is 48.5 Å². The van der Waals surface area contributed by atoms with Crippen LogP contribution in [0, 0.1) is 0 Å². The molecule has 0 fully saturated rings. The van der Waals surface area contributed by atoms with Crippen molar-refractivity contribution < 1.29 is 4.57 Å². The molecule has 0 radical (unpaired) electrons. The molecule has 0 aliphatic heterocycles. The standard InChI is InChI=1S/C24H22N3OP/c25-18-7-1-4-15(12-18)21-10-11-22(29-28)24(17-6-3-9-20(27)14-17)23(21)16-5-2-8-19(26)13-16/h1-14H,25-27,29H2. The fourth-order valence-corrected chi connectivity index (χ4v) is 4.27. The van der Waals surface area contributed by atoms with Gasteiger partial charge < -0.3 is 21.8 Å². The Morgan fingerprint density at radius 1 is 0.552 bits per heavy atom. The van der Waals surface area contributed by atoms with E-state index in [0.717, 1.165) is 38.7 Å². The maximum atomic E-state index is 12.2. The molecule has 4 aromatic carbocycles. The molecular formula is C24H22N3OP. The van der Waals surface area contributed by atoms with Gasteiger partial charge in [0.2, 0.25) is 0 Å². The third-order valence-electron chi connectivity index (χ3n) is 4.91. The lowest BCUT2D eigenvalue weighted by molar-refractivity contribution is 0.603. The summed E-state index contributed by atoms with van der Waals surface area (Å²) < 4.78 is 12.2. The summed E-state index contributed by atoms with van der Waals surface area (Å²) in [5.41, 5.74) is 26.0. The van der Waals surface area contributed by atoms with Gasteiger partial charge >= 0.3 is 0 Å². The fourth-order valence-electron chi connectivity index (χ4n) is 3.66. The Kier molecular flexibility index (Phi) is 5.11. The van der Waals surface area contributed by atoms with Crippen LogP contribution in [0.15, 0.2) is 84.9 Å². The molecule has 0 saturated heterocycles. The quantitative estimate of drug-likeness (QED) is 0.339. The van der Waals surface area contributed by atoms with Gasteiger partial charge in [-0.15, -0.1) is 0 Å². The highest BCUT2D eigenvalue weighted by molar-refractivity contribution is 7.34. The van der Waals surface area contributed by atoms with Gasteiger partial charge in [-0.25, -0.2) is 0 Å². The van der Waals surface area contributed by atoms with Crippen LogP contribution >= 0.6 is 8.46 Å². The molecule has 0 amide bonds. The monoisotopic (exact) mass is 399 g/mol. The normalized spacial score (nSPS) is 11.2. The van der Waals surface area contributed by atoms with Gasteiger partial charge in [0, 0.05) is 27.9 Å². The summed E-state index contributed by atoms with van der Waals surface area (Å²) in [4.78, 5) is 0. The zero-order chi connectivity index (χ0) is 20.4. The second-order valence-electron chi connectivity index (χ2n) is 6.95. The minimum Gasteiger partial charge on any atom is -0.399 e. The summed E-state index contributed by atoms with van der Waals surface area (Å²) in [6, 6.07) is 27.1. The zero-order valence-corrected chi connectivity index (χ0v) is 17.0. The Morgan fingerprint density at radius 3 is 1.55 bits per heavy atom. The number of hydrogen-bond donors (Lipinski definition) is 3. The van der Waals surface area contributed by atoms with Crippen LogP contribution in [0.1, 0.15) is 0 Å². The zero-order valence-electron chi connectivity index (χ0n) is 15.8. The topological polar surface area (TPSA) is 95.1 Å². The molecule has 0 bridgehead atoms. The second kappa shape index (κ2) is 7.86. The summed E-state index contributed by atoms with van der Waals surface area (Å²) in [5.74, 6) is 0. The van der Waals surface area contributed by atoms with Crippen molar-refractivity contribution in [1.82, 2.24) is 0 Å². The molecule has 1 unspecified atom stereocenters. The van der Waals surface area contributed by atoms with Gasteiger partial charge in [-0.2, -0.15) is 0 Å². The Balaban J connectivity index is 2.13. The molecule has 0 aliphatic rings. The van der Waals surface area contributed by atoms with Crippen LogP contribution in [0.5, 0.6) is 0 Å². The first kappa shape index (κ1) is 18.9. The van der Waals surface area contributed by atoms with Crippen molar-refractivity contribution in [3.8, 4) is 33.4 Å². The van der Waals surface area contributed by atoms with Crippen molar-refractivity contribution >= 4 is 30.8 Å². The van der Waals surface area contributed by atoms with E-state index in [1.165, 1.54) is 0 Å². The predicted molar refractivity (Wildman–Crippen MR) is 126 cm³/mol. The number of nitrogen functional groups attached to an aromatic ring is 3. The van der Waals surface area contributed by atoms with Crippen molar-refractivity contribution in [3.63, 3.8) is 0 Å². The lowest BCUT2D eigenvalue weighted by Crippen LogP contribution is -2.04. The van der Waals surface area contributed by atoms with E-state index >= 15 is 0 Å². The van der Waals surface area contributed by atoms with Crippen LogP contribution in [-0.2, 0) is 4.57 Å². The molecule has 0 aromatic heterocycles. The Labute approximate surface area is 171 Å². The van der Waals surface area contributed by atoms with Gasteiger partial charge in [0.15, 0.2) is 0 Å². The van der Waals surface area contributed by atoms with E-state index in [-0.39, 0.29) is 0 Å². The van der Waals surface area contributed by atoms with E-state index < -0.39 is 8.46 Å². The van der Waals surface area contributed by atoms with Gasteiger partial charge in [-0.3, -0.25) is 0 Å².